The summed E-state index contributed by atoms with van der Waals surface area (Å²) in [5.74, 6) is -3.71. The van der Waals surface area contributed by atoms with E-state index in [1.807, 2.05) is 0 Å². The van der Waals surface area contributed by atoms with Gasteiger partial charge in [-0.05, 0) is 34.9 Å². The van der Waals surface area contributed by atoms with Crippen LogP contribution in [-0.2, 0) is 0 Å². The Labute approximate surface area is 166 Å². The Morgan fingerprint density at radius 3 is 1.07 bits per heavy atom. The summed E-state index contributed by atoms with van der Waals surface area (Å²) in [6.07, 6.45) is 3.94. The second-order valence-corrected chi connectivity index (χ2v) is 6.19. The topological polar surface area (TPSA) is 198 Å². The van der Waals surface area contributed by atoms with Crippen molar-refractivity contribution in [3.8, 4) is 33.4 Å². The molecule has 12 nitrogen and oxygen atoms in total. The average Bonchev–Trinajstić information content (AvgIpc) is 3.47. The fourth-order valence-electron chi connectivity index (χ4n) is 3.10. The van der Waals surface area contributed by atoms with Crippen molar-refractivity contribution in [1.29, 1.82) is 0 Å². The van der Waals surface area contributed by atoms with Gasteiger partial charge in [0.1, 0.15) is 0 Å². The minimum Gasteiger partial charge on any atom is -0.477 e. The van der Waals surface area contributed by atoms with Crippen molar-refractivity contribution in [2.75, 3.05) is 0 Å². The van der Waals surface area contributed by atoms with Crippen LogP contribution in [0.5, 0.6) is 0 Å². The van der Waals surface area contributed by atoms with Gasteiger partial charge < -0.3 is 15.3 Å². The number of carbonyl (C=O) groups is 3. The van der Waals surface area contributed by atoms with E-state index >= 15 is 0 Å². The lowest BCUT2D eigenvalue weighted by atomic mass is 9.93. The maximum absolute atomic E-state index is 11.5. The highest BCUT2D eigenvalue weighted by Crippen LogP contribution is 2.35. The van der Waals surface area contributed by atoms with E-state index in [1.165, 1.54) is 18.6 Å². The Morgan fingerprint density at radius 2 is 0.833 bits per heavy atom. The van der Waals surface area contributed by atoms with Crippen LogP contribution in [0.15, 0.2) is 36.8 Å². The Bertz CT molecular complexity index is 1130. The SMILES string of the molecule is O=C(O)c1[nH]ncc1-c1cc(-c2cn[nH]c2C(=O)O)cc(-c2cn[nH]c2C(=O)O)c1. The summed E-state index contributed by atoms with van der Waals surface area (Å²) < 4.78 is 0. The molecule has 150 valence electrons. The van der Waals surface area contributed by atoms with Crippen molar-refractivity contribution < 1.29 is 29.7 Å². The number of hydrogen-bond donors (Lipinski definition) is 6. The van der Waals surface area contributed by atoms with Gasteiger partial charge in [-0.25, -0.2) is 14.4 Å². The van der Waals surface area contributed by atoms with Crippen LogP contribution in [0.4, 0.5) is 0 Å². The van der Waals surface area contributed by atoms with Crippen molar-refractivity contribution >= 4 is 17.9 Å². The van der Waals surface area contributed by atoms with Gasteiger partial charge in [0, 0.05) is 16.7 Å². The summed E-state index contributed by atoms with van der Waals surface area (Å²) in [4.78, 5) is 34.5. The Morgan fingerprint density at radius 1 is 0.567 bits per heavy atom. The number of hydrogen-bond acceptors (Lipinski definition) is 6. The molecule has 0 spiro atoms. The maximum Gasteiger partial charge on any atom is 0.354 e. The summed E-state index contributed by atoms with van der Waals surface area (Å²) in [6, 6.07) is 4.70. The van der Waals surface area contributed by atoms with Crippen LogP contribution in [0.2, 0.25) is 0 Å². The molecular formula is C18H12N6O6. The molecule has 0 unspecified atom stereocenters. The normalized spacial score (nSPS) is 10.8. The largest absolute Gasteiger partial charge is 0.477 e. The number of rotatable bonds is 6. The quantitative estimate of drug-likeness (QED) is 0.276. The number of aromatic amines is 3. The predicted molar refractivity (Wildman–Crippen MR) is 100 cm³/mol. The summed E-state index contributed by atoms with van der Waals surface area (Å²) in [7, 11) is 0. The third kappa shape index (κ3) is 3.07. The summed E-state index contributed by atoms with van der Waals surface area (Å²) in [6.45, 7) is 0. The monoisotopic (exact) mass is 408 g/mol. The highest BCUT2D eigenvalue weighted by Gasteiger charge is 2.21. The molecule has 0 radical (unpaired) electrons. The average molecular weight is 408 g/mol. The zero-order valence-corrected chi connectivity index (χ0v) is 14.9. The molecule has 0 atom stereocenters. The molecule has 0 aliphatic rings. The highest BCUT2D eigenvalue weighted by molar-refractivity contribution is 5.99. The van der Waals surface area contributed by atoms with Crippen molar-refractivity contribution in [2.45, 2.75) is 0 Å². The molecule has 0 saturated heterocycles. The van der Waals surface area contributed by atoms with Crippen LogP contribution >= 0.6 is 0 Å². The fourth-order valence-corrected chi connectivity index (χ4v) is 3.10. The molecule has 0 saturated carbocycles. The van der Waals surface area contributed by atoms with Gasteiger partial charge in [-0.1, -0.05) is 0 Å². The first-order valence-electron chi connectivity index (χ1n) is 8.33. The number of nitrogens with one attached hydrogen (secondary N) is 3. The molecule has 30 heavy (non-hydrogen) atoms. The molecule has 0 aliphatic carbocycles. The van der Waals surface area contributed by atoms with Crippen molar-refractivity contribution in [3.63, 3.8) is 0 Å². The first kappa shape index (κ1) is 18.6. The summed E-state index contributed by atoms with van der Waals surface area (Å²) in [5.41, 5.74) is 1.35. The molecule has 12 heteroatoms. The number of benzene rings is 1. The molecule has 6 N–H and O–H groups in total. The van der Waals surface area contributed by atoms with E-state index < -0.39 is 17.9 Å². The maximum atomic E-state index is 11.5. The summed E-state index contributed by atoms with van der Waals surface area (Å²) >= 11 is 0. The van der Waals surface area contributed by atoms with Crippen molar-refractivity contribution in [2.24, 2.45) is 0 Å². The van der Waals surface area contributed by atoms with Crippen LogP contribution in [-0.4, -0.2) is 63.8 Å². The molecule has 0 bridgehead atoms. The standard InChI is InChI=1S/C18H12N6O6/c25-16(26)13-10(4-19-22-13)7-1-8(11-5-20-23-14(11)17(27)28)3-9(2-7)12-6-21-24-15(12)18(29)30/h1-6H,(H,19,22)(H,20,23)(H,21,24)(H,25,26)(H,27,28)(H,29,30). The first-order chi connectivity index (χ1) is 14.4. The van der Waals surface area contributed by atoms with E-state index in [0.717, 1.165) is 0 Å². The second-order valence-electron chi connectivity index (χ2n) is 6.19. The van der Waals surface area contributed by atoms with Gasteiger partial charge in [0.2, 0.25) is 0 Å². The number of nitrogens with zero attached hydrogens (tertiary/aromatic N) is 3. The van der Waals surface area contributed by atoms with Crippen LogP contribution in [0.3, 0.4) is 0 Å². The van der Waals surface area contributed by atoms with E-state index in [-0.39, 0.29) is 33.8 Å². The van der Waals surface area contributed by atoms with Gasteiger partial charge in [-0.15, -0.1) is 0 Å². The molecule has 0 aliphatic heterocycles. The van der Waals surface area contributed by atoms with Crippen LogP contribution in [0.25, 0.3) is 33.4 Å². The minimum atomic E-state index is -1.24. The number of aromatic carboxylic acids is 3. The van der Waals surface area contributed by atoms with E-state index in [2.05, 4.69) is 30.6 Å². The van der Waals surface area contributed by atoms with E-state index in [4.69, 9.17) is 0 Å². The number of H-pyrrole nitrogens is 3. The molecule has 3 aromatic heterocycles. The molecule has 4 aromatic rings. The lowest BCUT2D eigenvalue weighted by Gasteiger charge is -2.09. The smallest absolute Gasteiger partial charge is 0.354 e. The molecule has 1 aromatic carbocycles. The van der Waals surface area contributed by atoms with Gasteiger partial charge in [0.25, 0.3) is 0 Å². The lowest BCUT2D eigenvalue weighted by molar-refractivity contribution is 0.0680. The van der Waals surface area contributed by atoms with E-state index in [1.54, 1.807) is 18.2 Å². The zero-order chi connectivity index (χ0) is 21.4. The van der Waals surface area contributed by atoms with Gasteiger partial charge in [-0.2, -0.15) is 15.3 Å². The van der Waals surface area contributed by atoms with E-state index in [9.17, 15) is 29.7 Å². The number of carboxylic acid groups (broad SMARTS) is 3. The van der Waals surface area contributed by atoms with Crippen molar-refractivity contribution in [1.82, 2.24) is 30.6 Å². The van der Waals surface area contributed by atoms with E-state index in [0.29, 0.717) is 16.7 Å². The molecule has 3 heterocycles. The minimum absolute atomic E-state index is 0.172. The fraction of sp³-hybridized carbons (Fsp3) is 0. The third-order valence-electron chi connectivity index (χ3n) is 4.43. The second kappa shape index (κ2) is 7.01. The Balaban J connectivity index is 1.99. The first-order valence-corrected chi connectivity index (χ1v) is 8.33. The zero-order valence-electron chi connectivity index (χ0n) is 14.9. The van der Waals surface area contributed by atoms with Gasteiger partial charge in [0.15, 0.2) is 17.1 Å². The molecule has 0 fully saturated rings. The number of carboxylic acids is 3. The van der Waals surface area contributed by atoms with Crippen LogP contribution in [0, 0.1) is 0 Å². The summed E-state index contributed by atoms with van der Waals surface area (Å²) in [5, 5.41) is 46.7. The molecule has 0 amide bonds. The third-order valence-corrected chi connectivity index (χ3v) is 4.43. The Kier molecular flexibility index (Phi) is 4.35. The number of aromatic nitrogens is 6. The van der Waals surface area contributed by atoms with Gasteiger partial charge in [-0.3, -0.25) is 15.3 Å². The molecular weight excluding hydrogens is 396 g/mol. The predicted octanol–water partition coefficient (Wildman–Crippen LogP) is 1.95. The van der Waals surface area contributed by atoms with Crippen LogP contribution in [0.1, 0.15) is 31.5 Å². The van der Waals surface area contributed by atoms with Crippen LogP contribution < -0.4 is 0 Å². The van der Waals surface area contributed by atoms with Gasteiger partial charge in [0.05, 0.1) is 18.6 Å². The van der Waals surface area contributed by atoms with Gasteiger partial charge >= 0.3 is 17.9 Å². The molecule has 4 rings (SSSR count). The highest BCUT2D eigenvalue weighted by atomic mass is 16.4. The van der Waals surface area contributed by atoms with Crippen molar-refractivity contribution in [3.05, 3.63) is 53.9 Å². The Hall–Kier alpha value is -4.74. The lowest BCUT2D eigenvalue weighted by Crippen LogP contribution is -2.01.